The lowest BCUT2D eigenvalue weighted by Gasteiger charge is -2.33. The number of rotatable bonds is 4. The predicted octanol–water partition coefficient (Wildman–Crippen LogP) is 4.28. The van der Waals surface area contributed by atoms with Gasteiger partial charge in [-0.1, -0.05) is 57.9 Å². The molecule has 0 radical (unpaired) electrons. The van der Waals surface area contributed by atoms with Crippen LogP contribution in [0.3, 0.4) is 0 Å². The van der Waals surface area contributed by atoms with Crippen molar-refractivity contribution in [1.82, 2.24) is 5.32 Å². The van der Waals surface area contributed by atoms with Gasteiger partial charge in [0.05, 0.1) is 6.04 Å². The van der Waals surface area contributed by atoms with E-state index in [1.165, 1.54) is 0 Å². The average molecular weight is 301 g/mol. The third kappa shape index (κ3) is 3.96. The molecule has 1 unspecified atom stereocenters. The molecule has 1 N–H and O–H groups in total. The number of carbonyl (C=O) groups is 2. The Kier molecular flexibility index (Phi) is 5.05. The number of benzene rings is 1. The summed E-state index contributed by atoms with van der Waals surface area (Å²) in [6.45, 7) is 7.96. The van der Waals surface area contributed by atoms with Crippen molar-refractivity contribution in [1.29, 1.82) is 0 Å². The number of Topliss-reactive ketones (excluding diaryl/α,β-unsaturated/α-hetero) is 1. The maximum atomic E-state index is 12.5. The van der Waals surface area contributed by atoms with E-state index < -0.39 is 0 Å². The van der Waals surface area contributed by atoms with Gasteiger partial charge in [0.1, 0.15) is 0 Å². The Morgan fingerprint density at radius 1 is 1.09 bits per heavy atom. The lowest BCUT2D eigenvalue weighted by molar-refractivity contribution is -0.126. The van der Waals surface area contributed by atoms with E-state index in [1.54, 1.807) is 6.92 Å². The summed E-state index contributed by atoms with van der Waals surface area (Å²) in [7, 11) is 0. The third-order valence-corrected chi connectivity index (χ3v) is 4.53. The molecule has 1 atom stereocenters. The Labute approximate surface area is 133 Å². The normalized spacial score (nSPS) is 17.3. The van der Waals surface area contributed by atoms with Crippen LogP contribution in [0.25, 0.3) is 0 Å². The fourth-order valence-electron chi connectivity index (χ4n) is 3.16. The molecule has 3 heteroatoms. The molecule has 1 amide bonds. The summed E-state index contributed by atoms with van der Waals surface area (Å²) in [4.78, 5) is 23.9. The van der Waals surface area contributed by atoms with Gasteiger partial charge >= 0.3 is 0 Å². The molecule has 0 bridgehead atoms. The first-order valence-corrected chi connectivity index (χ1v) is 8.20. The molecule has 22 heavy (non-hydrogen) atoms. The minimum Gasteiger partial charge on any atom is -0.349 e. The van der Waals surface area contributed by atoms with Crippen LogP contribution in [-0.2, 0) is 4.79 Å². The molecule has 1 aromatic rings. The van der Waals surface area contributed by atoms with Crippen molar-refractivity contribution >= 4 is 11.7 Å². The molecule has 0 heterocycles. The molecule has 0 aromatic heterocycles. The molecular formula is C19H27NO2. The maximum Gasteiger partial charge on any atom is 0.223 e. The van der Waals surface area contributed by atoms with E-state index in [0.29, 0.717) is 5.56 Å². The van der Waals surface area contributed by atoms with Gasteiger partial charge < -0.3 is 5.32 Å². The van der Waals surface area contributed by atoms with E-state index in [2.05, 4.69) is 26.1 Å². The summed E-state index contributed by atoms with van der Waals surface area (Å²) in [5, 5.41) is 3.24. The Balaban J connectivity index is 2.18. The second-order valence-corrected chi connectivity index (χ2v) is 7.47. The van der Waals surface area contributed by atoms with Gasteiger partial charge in [-0.2, -0.15) is 0 Å². The van der Waals surface area contributed by atoms with E-state index >= 15 is 0 Å². The van der Waals surface area contributed by atoms with E-state index in [1.807, 2.05) is 24.3 Å². The SMILES string of the molecule is CC(=O)c1ccc(C(NC(=O)C2CCCC2)C(C)(C)C)cc1. The van der Waals surface area contributed by atoms with Crippen LogP contribution in [0.5, 0.6) is 0 Å². The highest BCUT2D eigenvalue weighted by molar-refractivity contribution is 5.94. The molecule has 0 aliphatic heterocycles. The average Bonchev–Trinajstić information content (AvgIpc) is 2.97. The first kappa shape index (κ1) is 16.7. The van der Waals surface area contributed by atoms with Crippen LogP contribution in [-0.4, -0.2) is 11.7 Å². The second-order valence-electron chi connectivity index (χ2n) is 7.47. The number of hydrogen-bond acceptors (Lipinski definition) is 2. The standard InChI is InChI=1S/C19H27NO2/c1-13(21)14-9-11-15(12-10-14)17(19(2,3)4)20-18(22)16-7-5-6-8-16/h9-12,16-17H,5-8H2,1-4H3,(H,20,22). The fraction of sp³-hybridized carbons (Fsp3) is 0.579. The zero-order valence-electron chi connectivity index (χ0n) is 14.1. The zero-order valence-corrected chi connectivity index (χ0v) is 14.1. The van der Waals surface area contributed by atoms with E-state index in [0.717, 1.165) is 31.2 Å². The van der Waals surface area contributed by atoms with Crippen LogP contribution >= 0.6 is 0 Å². The van der Waals surface area contributed by atoms with Gasteiger partial charge in [-0.25, -0.2) is 0 Å². The van der Waals surface area contributed by atoms with Crippen molar-refractivity contribution in [3.63, 3.8) is 0 Å². The molecule has 1 aliphatic carbocycles. The van der Waals surface area contributed by atoms with E-state index in [4.69, 9.17) is 0 Å². The molecule has 1 saturated carbocycles. The van der Waals surface area contributed by atoms with Crippen LogP contribution in [0.4, 0.5) is 0 Å². The molecule has 0 spiro atoms. The lowest BCUT2D eigenvalue weighted by atomic mass is 9.81. The highest BCUT2D eigenvalue weighted by Crippen LogP contribution is 2.34. The van der Waals surface area contributed by atoms with Crippen molar-refractivity contribution in [3.05, 3.63) is 35.4 Å². The number of carbonyl (C=O) groups excluding carboxylic acids is 2. The van der Waals surface area contributed by atoms with Crippen molar-refractivity contribution < 1.29 is 9.59 Å². The third-order valence-electron chi connectivity index (χ3n) is 4.53. The van der Waals surface area contributed by atoms with Crippen molar-refractivity contribution in [3.8, 4) is 0 Å². The molecule has 1 fully saturated rings. The van der Waals surface area contributed by atoms with E-state index in [9.17, 15) is 9.59 Å². The van der Waals surface area contributed by atoms with Crippen molar-refractivity contribution in [2.75, 3.05) is 0 Å². The minimum absolute atomic E-state index is 0.0402. The topological polar surface area (TPSA) is 46.2 Å². The van der Waals surface area contributed by atoms with E-state index in [-0.39, 0.29) is 29.1 Å². The second kappa shape index (κ2) is 6.64. The first-order valence-electron chi connectivity index (χ1n) is 8.20. The van der Waals surface area contributed by atoms with Crippen LogP contribution in [0, 0.1) is 11.3 Å². The maximum absolute atomic E-state index is 12.5. The number of amides is 1. The largest absolute Gasteiger partial charge is 0.349 e. The van der Waals surface area contributed by atoms with Gasteiger partial charge in [-0.15, -0.1) is 0 Å². The number of hydrogen-bond donors (Lipinski definition) is 1. The van der Waals surface area contributed by atoms with Gasteiger partial charge in [-0.3, -0.25) is 9.59 Å². The highest BCUT2D eigenvalue weighted by Gasteiger charge is 2.31. The van der Waals surface area contributed by atoms with Crippen LogP contribution in [0.1, 0.15) is 75.3 Å². The number of ketones is 1. The fourth-order valence-corrected chi connectivity index (χ4v) is 3.16. The summed E-state index contributed by atoms with van der Waals surface area (Å²) < 4.78 is 0. The molecule has 120 valence electrons. The van der Waals surface area contributed by atoms with Crippen molar-refractivity contribution in [2.45, 2.75) is 59.4 Å². The van der Waals surface area contributed by atoms with Gasteiger partial charge in [0.25, 0.3) is 0 Å². The van der Waals surface area contributed by atoms with Gasteiger partial charge in [0, 0.05) is 11.5 Å². The molecule has 1 aromatic carbocycles. The van der Waals surface area contributed by atoms with Crippen LogP contribution in [0.15, 0.2) is 24.3 Å². The first-order chi connectivity index (χ1) is 10.3. The Morgan fingerprint density at radius 3 is 2.09 bits per heavy atom. The molecule has 0 saturated heterocycles. The Bertz CT molecular complexity index is 534. The van der Waals surface area contributed by atoms with Gasteiger partial charge in [0.15, 0.2) is 5.78 Å². The summed E-state index contributed by atoms with van der Waals surface area (Å²) in [5.74, 6) is 0.406. The van der Waals surface area contributed by atoms with Crippen molar-refractivity contribution in [2.24, 2.45) is 11.3 Å². The quantitative estimate of drug-likeness (QED) is 0.844. The minimum atomic E-state index is -0.0774. The Hall–Kier alpha value is -1.64. The van der Waals surface area contributed by atoms with Crippen LogP contribution < -0.4 is 5.32 Å². The molecule has 2 rings (SSSR count). The smallest absolute Gasteiger partial charge is 0.223 e. The molecule has 1 aliphatic rings. The predicted molar refractivity (Wildman–Crippen MR) is 88.7 cm³/mol. The lowest BCUT2D eigenvalue weighted by Crippen LogP contribution is -2.39. The Morgan fingerprint density at radius 2 is 1.64 bits per heavy atom. The molecule has 3 nitrogen and oxygen atoms in total. The number of nitrogens with one attached hydrogen (secondary N) is 1. The summed E-state index contributed by atoms with van der Waals surface area (Å²) >= 11 is 0. The summed E-state index contributed by atoms with van der Waals surface area (Å²) in [5.41, 5.74) is 1.69. The summed E-state index contributed by atoms with van der Waals surface area (Å²) in [6.07, 6.45) is 4.33. The monoisotopic (exact) mass is 301 g/mol. The molecular weight excluding hydrogens is 274 g/mol. The van der Waals surface area contributed by atoms with Gasteiger partial charge in [0.2, 0.25) is 5.91 Å². The zero-order chi connectivity index (χ0) is 16.3. The van der Waals surface area contributed by atoms with Crippen LogP contribution in [0.2, 0.25) is 0 Å². The highest BCUT2D eigenvalue weighted by atomic mass is 16.2. The van der Waals surface area contributed by atoms with Gasteiger partial charge in [-0.05, 0) is 30.7 Å². The summed E-state index contributed by atoms with van der Waals surface area (Å²) in [6, 6.07) is 7.57.